The molecule has 1 fully saturated rings. The van der Waals surface area contributed by atoms with Crippen molar-refractivity contribution in [3.8, 4) is 5.75 Å². The fraction of sp³-hybridized carbons (Fsp3) is 0.438. The lowest BCUT2D eigenvalue weighted by Gasteiger charge is -2.12. The molecule has 0 aliphatic heterocycles. The molecule has 2 amide bonds. The van der Waals surface area contributed by atoms with Crippen molar-refractivity contribution in [1.82, 2.24) is 10.6 Å². The molecule has 0 radical (unpaired) electrons. The zero-order valence-electron chi connectivity index (χ0n) is 12.9. The lowest BCUT2D eigenvalue weighted by atomic mass is 10.1. The van der Waals surface area contributed by atoms with Gasteiger partial charge in [-0.05, 0) is 37.5 Å². The van der Waals surface area contributed by atoms with Crippen LogP contribution >= 0.6 is 0 Å². The minimum Gasteiger partial charge on any atom is -0.484 e. The average molecular weight is 320 g/mol. The van der Waals surface area contributed by atoms with Crippen LogP contribution in [-0.2, 0) is 20.9 Å². The number of rotatable bonds is 8. The second-order valence-electron chi connectivity index (χ2n) is 5.46. The normalized spacial score (nSPS) is 14.7. The first-order valence-corrected chi connectivity index (χ1v) is 7.48. The summed E-state index contributed by atoms with van der Waals surface area (Å²) >= 11 is 0. The number of hydrogen-bond acceptors (Lipinski definition) is 4. The van der Waals surface area contributed by atoms with E-state index in [2.05, 4.69) is 10.6 Å². The molecule has 1 aromatic rings. The molecule has 1 saturated carbocycles. The molecule has 1 aliphatic rings. The van der Waals surface area contributed by atoms with Gasteiger partial charge in [-0.1, -0.05) is 12.1 Å². The van der Waals surface area contributed by atoms with Crippen LogP contribution in [0, 0.1) is 5.41 Å². The number of carbonyl (C=O) groups excluding carboxylic acids is 2. The van der Waals surface area contributed by atoms with E-state index in [1.165, 1.54) is 0 Å². The van der Waals surface area contributed by atoms with Crippen LogP contribution in [0.1, 0.15) is 25.3 Å². The second-order valence-corrected chi connectivity index (χ2v) is 5.46. The van der Waals surface area contributed by atoms with Gasteiger partial charge >= 0.3 is 5.97 Å². The first-order valence-electron chi connectivity index (χ1n) is 7.48. The summed E-state index contributed by atoms with van der Waals surface area (Å²) in [5.41, 5.74) is -0.472. The first kappa shape index (κ1) is 16.8. The zero-order valence-corrected chi connectivity index (χ0v) is 12.9. The van der Waals surface area contributed by atoms with Crippen LogP contribution in [0.5, 0.6) is 5.75 Å². The van der Waals surface area contributed by atoms with Crippen molar-refractivity contribution in [2.75, 3.05) is 13.2 Å². The van der Waals surface area contributed by atoms with Gasteiger partial charge in [0.15, 0.2) is 6.61 Å². The summed E-state index contributed by atoms with van der Waals surface area (Å²) in [5.74, 6) is -1.22. The van der Waals surface area contributed by atoms with Gasteiger partial charge in [0, 0.05) is 13.1 Å². The summed E-state index contributed by atoms with van der Waals surface area (Å²) in [6, 6.07) is 6.96. The molecule has 124 valence electrons. The van der Waals surface area contributed by atoms with Crippen molar-refractivity contribution < 1.29 is 24.2 Å². The molecule has 0 bridgehead atoms. The predicted molar refractivity (Wildman–Crippen MR) is 81.8 cm³/mol. The molecule has 3 N–H and O–H groups in total. The van der Waals surface area contributed by atoms with Crippen molar-refractivity contribution in [1.29, 1.82) is 0 Å². The monoisotopic (exact) mass is 320 g/mol. The Morgan fingerprint density at radius 3 is 2.61 bits per heavy atom. The van der Waals surface area contributed by atoms with Gasteiger partial charge in [-0.3, -0.25) is 14.4 Å². The summed E-state index contributed by atoms with van der Waals surface area (Å²) in [6.07, 6.45) is 0.758. The van der Waals surface area contributed by atoms with Crippen molar-refractivity contribution in [2.24, 2.45) is 5.41 Å². The lowest BCUT2D eigenvalue weighted by molar-refractivity contribution is -0.149. The average Bonchev–Trinajstić information content (AvgIpc) is 3.33. The molecule has 0 saturated heterocycles. The van der Waals surface area contributed by atoms with Gasteiger partial charge < -0.3 is 20.5 Å². The fourth-order valence-electron chi connectivity index (χ4n) is 2.16. The van der Waals surface area contributed by atoms with E-state index in [1.54, 1.807) is 24.3 Å². The lowest BCUT2D eigenvalue weighted by Crippen LogP contribution is -2.36. The first-order chi connectivity index (χ1) is 11.0. The summed E-state index contributed by atoms with van der Waals surface area (Å²) < 4.78 is 5.37. The third-order valence-electron chi connectivity index (χ3n) is 3.69. The maximum Gasteiger partial charge on any atom is 0.319 e. The highest BCUT2D eigenvalue weighted by Crippen LogP contribution is 2.46. The van der Waals surface area contributed by atoms with Crippen LogP contribution in [0.2, 0.25) is 0 Å². The highest BCUT2D eigenvalue weighted by molar-refractivity contribution is 6.04. The number of likely N-dealkylation sites (N-methyl/N-ethyl adjacent to an activating group) is 1. The molecule has 0 spiro atoms. The van der Waals surface area contributed by atoms with E-state index in [9.17, 15) is 14.4 Å². The summed E-state index contributed by atoms with van der Waals surface area (Å²) in [7, 11) is 0. The van der Waals surface area contributed by atoms with E-state index < -0.39 is 17.3 Å². The molecule has 0 aromatic heterocycles. The Bertz CT molecular complexity index is 610. The Morgan fingerprint density at radius 2 is 2.00 bits per heavy atom. The zero-order chi connectivity index (χ0) is 16.9. The Morgan fingerprint density at radius 1 is 1.26 bits per heavy atom. The standard InChI is InChI=1S/C16H20N2O5/c1-2-17-13(19)10-23-12-5-3-4-11(8-12)9-18-14(20)16(6-7-16)15(21)22/h3-5,8H,2,6-7,9-10H2,1H3,(H,17,19)(H,18,20)(H,21,22). The van der Waals surface area contributed by atoms with Crippen LogP contribution in [0.3, 0.4) is 0 Å². The van der Waals surface area contributed by atoms with E-state index >= 15 is 0 Å². The molecule has 1 aromatic carbocycles. The van der Waals surface area contributed by atoms with Gasteiger partial charge in [0.2, 0.25) is 5.91 Å². The van der Waals surface area contributed by atoms with E-state index in [4.69, 9.17) is 9.84 Å². The maximum atomic E-state index is 11.9. The Labute approximate surface area is 134 Å². The van der Waals surface area contributed by atoms with Gasteiger partial charge in [-0.15, -0.1) is 0 Å². The quantitative estimate of drug-likeness (QED) is 0.611. The Balaban J connectivity index is 1.86. The molecular formula is C16H20N2O5. The predicted octanol–water partition coefficient (Wildman–Crippen LogP) is 0.683. The number of hydrogen-bond donors (Lipinski definition) is 3. The van der Waals surface area contributed by atoms with Crippen molar-refractivity contribution in [2.45, 2.75) is 26.3 Å². The maximum absolute atomic E-state index is 11.9. The highest BCUT2D eigenvalue weighted by Gasteiger charge is 2.56. The van der Waals surface area contributed by atoms with E-state index in [-0.39, 0.29) is 19.1 Å². The summed E-state index contributed by atoms with van der Waals surface area (Å²) in [4.78, 5) is 34.4. The molecular weight excluding hydrogens is 300 g/mol. The molecule has 0 heterocycles. The van der Waals surface area contributed by atoms with Crippen molar-refractivity contribution in [3.63, 3.8) is 0 Å². The number of ether oxygens (including phenoxy) is 1. The number of aliphatic carboxylic acids is 1. The van der Waals surface area contributed by atoms with Crippen LogP contribution in [0.15, 0.2) is 24.3 Å². The number of benzene rings is 1. The molecule has 1 aliphatic carbocycles. The molecule has 2 rings (SSSR count). The fourth-order valence-corrected chi connectivity index (χ4v) is 2.16. The van der Waals surface area contributed by atoms with Crippen LogP contribution in [-0.4, -0.2) is 36.0 Å². The van der Waals surface area contributed by atoms with Crippen molar-refractivity contribution in [3.05, 3.63) is 29.8 Å². The van der Waals surface area contributed by atoms with Crippen molar-refractivity contribution >= 4 is 17.8 Å². The van der Waals surface area contributed by atoms with E-state index in [1.807, 2.05) is 6.92 Å². The number of amides is 2. The molecule has 23 heavy (non-hydrogen) atoms. The smallest absolute Gasteiger partial charge is 0.319 e. The molecule has 7 heteroatoms. The largest absolute Gasteiger partial charge is 0.484 e. The Kier molecular flexibility index (Phi) is 5.20. The molecule has 7 nitrogen and oxygen atoms in total. The second kappa shape index (κ2) is 7.13. The van der Waals surface area contributed by atoms with E-state index in [0.29, 0.717) is 25.1 Å². The number of carboxylic acids is 1. The number of carbonyl (C=O) groups is 3. The minimum atomic E-state index is -1.24. The summed E-state index contributed by atoms with van der Waals surface area (Å²) in [5, 5.41) is 14.3. The van der Waals surface area contributed by atoms with Gasteiger partial charge in [0.1, 0.15) is 11.2 Å². The van der Waals surface area contributed by atoms with Gasteiger partial charge in [0.25, 0.3) is 5.91 Å². The third kappa shape index (κ3) is 4.21. The molecule has 0 unspecified atom stereocenters. The Hall–Kier alpha value is -2.57. The highest BCUT2D eigenvalue weighted by atomic mass is 16.5. The van der Waals surface area contributed by atoms with E-state index in [0.717, 1.165) is 5.56 Å². The number of nitrogens with one attached hydrogen (secondary N) is 2. The van der Waals surface area contributed by atoms with Gasteiger partial charge in [-0.2, -0.15) is 0 Å². The van der Waals surface area contributed by atoms with Gasteiger partial charge in [0.05, 0.1) is 0 Å². The van der Waals surface area contributed by atoms with Crippen LogP contribution in [0.25, 0.3) is 0 Å². The van der Waals surface area contributed by atoms with Crippen LogP contribution in [0.4, 0.5) is 0 Å². The molecule has 0 atom stereocenters. The number of carboxylic acid groups (broad SMARTS) is 1. The summed E-state index contributed by atoms with van der Waals surface area (Å²) in [6.45, 7) is 2.50. The van der Waals surface area contributed by atoms with Gasteiger partial charge in [-0.25, -0.2) is 0 Å². The third-order valence-corrected chi connectivity index (χ3v) is 3.69. The minimum absolute atomic E-state index is 0.0776. The SMILES string of the molecule is CCNC(=O)COc1cccc(CNC(=O)C2(C(=O)O)CC2)c1. The van der Waals surface area contributed by atoms with Crippen LogP contribution < -0.4 is 15.4 Å². The topological polar surface area (TPSA) is 105 Å².